The lowest BCUT2D eigenvalue weighted by atomic mass is 10.2. The van der Waals surface area contributed by atoms with Crippen molar-refractivity contribution >= 4 is 15.7 Å². The summed E-state index contributed by atoms with van der Waals surface area (Å²) < 4.78 is 49.1. The fraction of sp³-hybridized carbons (Fsp3) is 0.286. The molecule has 1 aromatic heterocycles. The van der Waals surface area contributed by atoms with Crippen LogP contribution < -0.4 is 5.32 Å². The van der Waals surface area contributed by atoms with E-state index in [1.807, 2.05) is 0 Å². The van der Waals surface area contributed by atoms with Gasteiger partial charge in [-0.2, -0.15) is 13.9 Å². The summed E-state index contributed by atoms with van der Waals surface area (Å²) in [6, 6.07) is 5.93. The molecule has 0 saturated heterocycles. The van der Waals surface area contributed by atoms with Crippen LogP contribution in [0.4, 0.5) is 8.78 Å². The zero-order valence-electron chi connectivity index (χ0n) is 12.2. The van der Waals surface area contributed by atoms with Gasteiger partial charge in [-0.1, -0.05) is 0 Å². The average molecular weight is 343 g/mol. The van der Waals surface area contributed by atoms with Crippen molar-refractivity contribution in [2.45, 2.75) is 30.2 Å². The first kappa shape index (κ1) is 17.1. The second-order valence-electron chi connectivity index (χ2n) is 4.93. The number of alkyl halides is 2. The summed E-state index contributed by atoms with van der Waals surface area (Å²) in [6.45, 7) is 2.26. The highest BCUT2D eigenvalue weighted by molar-refractivity contribution is 7.91. The molecule has 124 valence electrons. The molecule has 1 amide bonds. The summed E-state index contributed by atoms with van der Waals surface area (Å²) in [7, 11) is -4.65. The molecule has 1 atom stereocenters. The van der Waals surface area contributed by atoms with Crippen LogP contribution in [0.25, 0.3) is 0 Å². The lowest BCUT2D eigenvalue weighted by Gasteiger charge is -2.14. The van der Waals surface area contributed by atoms with Gasteiger partial charge in [0.1, 0.15) is 0 Å². The predicted octanol–water partition coefficient (Wildman–Crippen LogP) is 1.70. The van der Waals surface area contributed by atoms with Gasteiger partial charge < -0.3 is 5.32 Å². The van der Waals surface area contributed by atoms with Gasteiger partial charge in [0.25, 0.3) is 5.91 Å². The van der Waals surface area contributed by atoms with Gasteiger partial charge in [-0.05, 0) is 37.3 Å². The number of carbonyl (C=O) groups excluding carboxylic acids is 1. The molecule has 0 radical (unpaired) electrons. The monoisotopic (exact) mass is 343 g/mol. The largest absolute Gasteiger partial charge is 0.348 e. The Labute approximate surface area is 132 Å². The predicted molar refractivity (Wildman–Crippen MR) is 78.8 cm³/mol. The minimum atomic E-state index is -4.65. The third kappa shape index (κ3) is 4.13. The fourth-order valence-electron chi connectivity index (χ4n) is 1.94. The van der Waals surface area contributed by atoms with Crippen molar-refractivity contribution in [1.82, 2.24) is 15.1 Å². The van der Waals surface area contributed by atoms with Crippen LogP contribution in [0.5, 0.6) is 0 Å². The molecule has 2 rings (SSSR count). The van der Waals surface area contributed by atoms with E-state index < -0.39 is 26.4 Å². The molecule has 1 aromatic carbocycles. The van der Waals surface area contributed by atoms with Gasteiger partial charge in [0.15, 0.2) is 0 Å². The molecule has 9 heteroatoms. The minimum Gasteiger partial charge on any atom is -0.348 e. The Balaban J connectivity index is 2.03. The second-order valence-corrected chi connectivity index (χ2v) is 6.85. The number of sulfone groups is 1. The third-order valence-corrected chi connectivity index (χ3v) is 4.48. The van der Waals surface area contributed by atoms with E-state index in [0.29, 0.717) is 6.54 Å². The van der Waals surface area contributed by atoms with Crippen LogP contribution in [0.15, 0.2) is 47.6 Å². The summed E-state index contributed by atoms with van der Waals surface area (Å²) in [5, 5.41) is 6.74. The molecular weight excluding hydrogens is 328 g/mol. The molecule has 0 fully saturated rings. The van der Waals surface area contributed by atoms with Crippen LogP contribution >= 0.6 is 0 Å². The van der Waals surface area contributed by atoms with E-state index in [1.165, 1.54) is 12.1 Å². The van der Waals surface area contributed by atoms with Crippen LogP contribution in [-0.4, -0.2) is 35.9 Å². The van der Waals surface area contributed by atoms with Gasteiger partial charge in [0.05, 0.1) is 11.4 Å². The highest BCUT2D eigenvalue weighted by Gasteiger charge is 2.26. The van der Waals surface area contributed by atoms with E-state index >= 15 is 0 Å². The highest BCUT2D eigenvalue weighted by atomic mass is 32.2. The number of hydrogen-bond donors (Lipinski definition) is 1. The summed E-state index contributed by atoms with van der Waals surface area (Å²) in [6.07, 6.45) is 3.38. The maximum Gasteiger partial charge on any atom is 0.341 e. The van der Waals surface area contributed by atoms with Gasteiger partial charge in [0, 0.05) is 24.0 Å². The Morgan fingerprint density at radius 3 is 2.48 bits per heavy atom. The quantitative estimate of drug-likeness (QED) is 0.866. The number of nitrogens with one attached hydrogen (secondary N) is 1. The molecule has 23 heavy (non-hydrogen) atoms. The van der Waals surface area contributed by atoms with Gasteiger partial charge in [-0.3, -0.25) is 9.48 Å². The fourth-order valence-corrected chi connectivity index (χ4v) is 2.66. The van der Waals surface area contributed by atoms with E-state index in [1.54, 1.807) is 30.1 Å². The van der Waals surface area contributed by atoms with Crippen LogP contribution in [0.3, 0.4) is 0 Å². The number of nitrogens with zero attached hydrogens (tertiary/aromatic N) is 2. The number of carbonyl (C=O) groups is 1. The number of aromatic nitrogens is 2. The van der Waals surface area contributed by atoms with Crippen LogP contribution in [0.2, 0.25) is 0 Å². The summed E-state index contributed by atoms with van der Waals surface area (Å²) in [4.78, 5) is 11.5. The smallest absolute Gasteiger partial charge is 0.341 e. The number of benzene rings is 1. The molecule has 0 aliphatic rings. The van der Waals surface area contributed by atoms with Gasteiger partial charge in [-0.25, -0.2) is 8.42 Å². The molecule has 0 bridgehead atoms. The first-order chi connectivity index (χ1) is 10.8. The van der Waals surface area contributed by atoms with Crippen molar-refractivity contribution in [3.63, 3.8) is 0 Å². The van der Waals surface area contributed by atoms with Crippen LogP contribution in [0, 0.1) is 0 Å². The van der Waals surface area contributed by atoms with Crippen molar-refractivity contribution < 1.29 is 22.0 Å². The van der Waals surface area contributed by atoms with Crippen LogP contribution in [-0.2, 0) is 16.4 Å². The molecule has 1 heterocycles. The molecular formula is C14H15F2N3O3S. The molecule has 0 saturated carbocycles. The van der Waals surface area contributed by atoms with Gasteiger partial charge >= 0.3 is 5.76 Å². The standard InChI is InChI=1S/C14H15F2N3O3S/c1-10(9-19-8-2-7-17-19)18-13(20)11-3-5-12(6-4-11)23(21,22)14(15)16/h2-8,10,14H,9H2,1H3,(H,18,20). The van der Waals surface area contributed by atoms with Crippen LogP contribution in [0.1, 0.15) is 17.3 Å². The number of halogens is 2. The number of hydrogen-bond acceptors (Lipinski definition) is 4. The van der Waals surface area contributed by atoms with E-state index in [4.69, 9.17) is 0 Å². The molecule has 0 aliphatic heterocycles. The van der Waals surface area contributed by atoms with E-state index in [2.05, 4.69) is 10.4 Å². The topological polar surface area (TPSA) is 81.1 Å². The Morgan fingerprint density at radius 1 is 1.30 bits per heavy atom. The van der Waals surface area contributed by atoms with E-state index in [-0.39, 0.29) is 11.6 Å². The first-order valence-electron chi connectivity index (χ1n) is 6.71. The zero-order chi connectivity index (χ0) is 17.0. The molecule has 0 aliphatic carbocycles. The van der Waals surface area contributed by atoms with Crippen molar-refractivity contribution in [2.75, 3.05) is 0 Å². The minimum absolute atomic E-state index is 0.186. The Kier molecular flexibility index (Phi) is 5.09. The first-order valence-corrected chi connectivity index (χ1v) is 8.25. The highest BCUT2D eigenvalue weighted by Crippen LogP contribution is 2.18. The molecule has 6 nitrogen and oxygen atoms in total. The average Bonchev–Trinajstić information content (AvgIpc) is 2.99. The van der Waals surface area contributed by atoms with Crippen molar-refractivity contribution in [3.8, 4) is 0 Å². The van der Waals surface area contributed by atoms with E-state index in [0.717, 1.165) is 12.1 Å². The molecule has 2 aromatic rings. The SMILES string of the molecule is CC(Cn1cccn1)NC(=O)c1ccc(S(=O)(=O)C(F)F)cc1. The normalized spacial score (nSPS) is 13.0. The van der Waals surface area contributed by atoms with Gasteiger partial charge in [0.2, 0.25) is 9.84 Å². The van der Waals surface area contributed by atoms with E-state index in [9.17, 15) is 22.0 Å². The molecule has 0 spiro atoms. The second kappa shape index (κ2) is 6.86. The summed E-state index contributed by atoms with van der Waals surface area (Å²) >= 11 is 0. The summed E-state index contributed by atoms with van der Waals surface area (Å²) in [5.41, 5.74) is 0.186. The lowest BCUT2D eigenvalue weighted by Crippen LogP contribution is -2.35. The Morgan fingerprint density at radius 2 is 1.96 bits per heavy atom. The maximum atomic E-state index is 12.4. The third-order valence-electron chi connectivity index (χ3n) is 3.08. The van der Waals surface area contributed by atoms with Gasteiger partial charge in [-0.15, -0.1) is 0 Å². The zero-order valence-corrected chi connectivity index (χ0v) is 13.0. The molecule has 1 unspecified atom stereocenters. The number of rotatable bonds is 6. The maximum absolute atomic E-state index is 12.4. The van der Waals surface area contributed by atoms with Crippen molar-refractivity contribution in [3.05, 3.63) is 48.3 Å². The number of amides is 1. The van der Waals surface area contributed by atoms with Crippen molar-refractivity contribution in [2.24, 2.45) is 0 Å². The summed E-state index contributed by atoms with van der Waals surface area (Å²) in [5.74, 6) is -3.91. The van der Waals surface area contributed by atoms with Crippen molar-refractivity contribution in [1.29, 1.82) is 0 Å². The Hall–Kier alpha value is -2.29. The Bertz CT molecular complexity index is 759. The molecule has 1 N–H and O–H groups in total. The lowest BCUT2D eigenvalue weighted by molar-refractivity contribution is 0.0936.